The molecule has 0 unspecified atom stereocenters. The van der Waals surface area contributed by atoms with Crippen molar-refractivity contribution >= 4 is 0 Å². The van der Waals surface area contributed by atoms with Gasteiger partial charge in [0.15, 0.2) is 18.9 Å². The lowest BCUT2D eigenvalue weighted by Gasteiger charge is -2.47. The summed E-state index contributed by atoms with van der Waals surface area (Å²) in [4.78, 5) is 0. The Balaban J connectivity index is 1.72. The SMILES string of the molecule is OC[C@H]1O[C@@H](O[C@H]2[C@H](O)[C@@H](O)[C@H](O[C@@H]3[C@H](O)[C@@H](O)[C@H](O)O[C@@H]3CO)O[C@@H]2CO)[C@H](O)[C@@H](O)[C@@H]1O. The van der Waals surface area contributed by atoms with E-state index in [0.717, 1.165) is 0 Å². The van der Waals surface area contributed by atoms with Crippen LogP contribution in [0.2, 0.25) is 0 Å². The summed E-state index contributed by atoms with van der Waals surface area (Å²) in [6, 6.07) is 0. The highest BCUT2D eigenvalue weighted by Gasteiger charge is 2.53. The van der Waals surface area contributed by atoms with Crippen LogP contribution in [-0.4, -0.2) is 168 Å². The highest BCUT2D eigenvalue weighted by Crippen LogP contribution is 2.32. The Morgan fingerprint density at radius 2 is 0.853 bits per heavy atom. The summed E-state index contributed by atoms with van der Waals surface area (Å²) in [6.45, 7) is -2.32. The van der Waals surface area contributed by atoms with Crippen LogP contribution in [-0.2, 0) is 23.7 Å². The van der Waals surface area contributed by atoms with E-state index >= 15 is 0 Å². The monoisotopic (exact) mass is 504 g/mol. The Labute approximate surface area is 192 Å². The number of hydrogen-bond donors (Lipinski definition) is 11. The van der Waals surface area contributed by atoms with Gasteiger partial charge in [-0.2, -0.15) is 0 Å². The summed E-state index contributed by atoms with van der Waals surface area (Å²) in [5.74, 6) is 0. The first-order chi connectivity index (χ1) is 16.0. The summed E-state index contributed by atoms with van der Waals surface area (Å²) in [5, 5.41) is 109. The topological polar surface area (TPSA) is 269 Å². The lowest BCUT2D eigenvalue weighted by molar-refractivity contribution is -0.377. The van der Waals surface area contributed by atoms with Gasteiger partial charge in [0.25, 0.3) is 0 Å². The quantitative estimate of drug-likeness (QED) is 0.154. The Hall–Kier alpha value is -0.640. The molecule has 11 N–H and O–H groups in total. The van der Waals surface area contributed by atoms with Crippen LogP contribution < -0.4 is 0 Å². The molecule has 34 heavy (non-hydrogen) atoms. The minimum Gasteiger partial charge on any atom is -0.394 e. The Morgan fingerprint density at radius 1 is 0.441 bits per heavy atom. The standard InChI is InChI=1S/C18H32O16/c19-1-4-7(22)8(23)12(27)17(31-4)34-15-6(3-21)32-18(13(28)10(15)25)33-14-5(2-20)30-16(29)11(26)9(14)24/h4-29H,1-3H2/t4-,5-,6-,7-,8+,9-,10-,11-,12-,13-,14+,15-,16-,17+,18+/m1/s1. The molecule has 0 aromatic rings. The smallest absolute Gasteiger partial charge is 0.187 e. The molecule has 3 heterocycles. The van der Waals surface area contributed by atoms with Crippen molar-refractivity contribution in [1.82, 2.24) is 0 Å². The van der Waals surface area contributed by atoms with Crippen LogP contribution in [0.15, 0.2) is 0 Å². The number of aliphatic hydroxyl groups excluding tert-OH is 11. The molecule has 3 saturated heterocycles. The third kappa shape index (κ3) is 5.37. The van der Waals surface area contributed by atoms with Gasteiger partial charge >= 0.3 is 0 Å². The summed E-state index contributed by atoms with van der Waals surface area (Å²) in [5.41, 5.74) is 0. The molecule has 0 spiro atoms. The van der Waals surface area contributed by atoms with E-state index in [1.54, 1.807) is 0 Å². The highest BCUT2D eigenvalue weighted by molar-refractivity contribution is 4.96. The molecule has 0 aliphatic carbocycles. The van der Waals surface area contributed by atoms with Crippen LogP contribution in [0.1, 0.15) is 0 Å². The molecule has 3 rings (SSSR count). The minimum atomic E-state index is -1.91. The van der Waals surface area contributed by atoms with E-state index in [2.05, 4.69) is 0 Å². The van der Waals surface area contributed by atoms with Crippen LogP contribution >= 0.6 is 0 Å². The maximum absolute atomic E-state index is 10.6. The molecule has 3 fully saturated rings. The molecule has 0 aromatic heterocycles. The molecule has 0 aromatic carbocycles. The van der Waals surface area contributed by atoms with Crippen molar-refractivity contribution in [2.24, 2.45) is 0 Å². The number of aliphatic hydroxyl groups is 11. The van der Waals surface area contributed by atoms with E-state index in [-0.39, 0.29) is 0 Å². The van der Waals surface area contributed by atoms with Crippen LogP contribution in [0.3, 0.4) is 0 Å². The molecule has 16 heteroatoms. The normalized spacial score (nSPS) is 52.5. The fourth-order valence-electron chi connectivity index (χ4n) is 4.06. The molecule has 15 atom stereocenters. The van der Waals surface area contributed by atoms with Crippen LogP contribution in [0.25, 0.3) is 0 Å². The van der Waals surface area contributed by atoms with Crippen molar-refractivity contribution in [2.45, 2.75) is 92.1 Å². The fourth-order valence-corrected chi connectivity index (χ4v) is 4.06. The predicted molar refractivity (Wildman–Crippen MR) is 101 cm³/mol. The maximum atomic E-state index is 10.6. The third-order valence-electron chi connectivity index (χ3n) is 6.09. The zero-order chi connectivity index (χ0) is 25.3. The van der Waals surface area contributed by atoms with Gasteiger partial charge in [0, 0.05) is 0 Å². The second-order valence-corrected chi connectivity index (χ2v) is 8.33. The average Bonchev–Trinajstić information content (AvgIpc) is 2.83. The summed E-state index contributed by atoms with van der Waals surface area (Å²) in [7, 11) is 0. The second-order valence-electron chi connectivity index (χ2n) is 8.33. The van der Waals surface area contributed by atoms with Gasteiger partial charge in [0.1, 0.15) is 73.2 Å². The lowest BCUT2D eigenvalue weighted by atomic mass is 9.96. The molecule has 200 valence electrons. The number of rotatable bonds is 7. The van der Waals surface area contributed by atoms with Gasteiger partial charge in [-0.25, -0.2) is 0 Å². The van der Waals surface area contributed by atoms with E-state index in [0.29, 0.717) is 0 Å². The maximum Gasteiger partial charge on any atom is 0.187 e. The first kappa shape index (κ1) is 27.9. The average molecular weight is 504 g/mol. The second kappa shape index (κ2) is 11.6. The largest absolute Gasteiger partial charge is 0.394 e. The van der Waals surface area contributed by atoms with Gasteiger partial charge in [0.05, 0.1) is 19.8 Å². The van der Waals surface area contributed by atoms with E-state index < -0.39 is 112 Å². The molecule has 0 radical (unpaired) electrons. The molecule has 0 saturated carbocycles. The van der Waals surface area contributed by atoms with Crippen molar-refractivity contribution in [3.05, 3.63) is 0 Å². The lowest BCUT2D eigenvalue weighted by Crippen LogP contribution is -2.66. The Bertz CT molecular complexity index is 635. The van der Waals surface area contributed by atoms with Crippen molar-refractivity contribution < 1.29 is 79.9 Å². The van der Waals surface area contributed by atoms with Crippen LogP contribution in [0.5, 0.6) is 0 Å². The van der Waals surface area contributed by atoms with E-state index in [1.807, 2.05) is 0 Å². The summed E-state index contributed by atoms with van der Waals surface area (Å²) in [6.07, 6.45) is -25.1. The molecule has 0 amide bonds. The van der Waals surface area contributed by atoms with Gasteiger partial charge < -0.3 is 79.9 Å². The molecule has 0 bridgehead atoms. The minimum absolute atomic E-state index is 0.741. The molecular weight excluding hydrogens is 472 g/mol. The van der Waals surface area contributed by atoms with Crippen molar-refractivity contribution in [3.63, 3.8) is 0 Å². The molecule has 3 aliphatic rings. The summed E-state index contributed by atoms with van der Waals surface area (Å²) < 4.78 is 26.4. The number of ether oxygens (including phenoxy) is 5. The first-order valence-electron chi connectivity index (χ1n) is 10.6. The van der Waals surface area contributed by atoms with Crippen LogP contribution in [0, 0.1) is 0 Å². The summed E-state index contributed by atoms with van der Waals surface area (Å²) >= 11 is 0. The third-order valence-corrected chi connectivity index (χ3v) is 6.09. The van der Waals surface area contributed by atoms with Gasteiger partial charge in [-0.05, 0) is 0 Å². The van der Waals surface area contributed by atoms with Crippen LogP contribution in [0.4, 0.5) is 0 Å². The molecule has 16 nitrogen and oxygen atoms in total. The van der Waals surface area contributed by atoms with Gasteiger partial charge in [0.2, 0.25) is 0 Å². The van der Waals surface area contributed by atoms with Crippen molar-refractivity contribution in [2.75, 3.05) is 19.8 Å². The predicted octanol–water partition coefficient (Wildman–Crippen LogP) is -7.57. The fraction of sp³-hybridized carbons (Fsp3) is 1.00. The first-order valence-corrected chi connectivity index (χ1v) is 10.6. The zero-order valence-electron chi connectivity index (χ0n) is 17.7. The molecular formula is C18H32O16. The Morgan fingerprint density at radius 3 is 1.35 bits per heavy atom. The van der Waals surface area contributed by atoms with E-state index in [1.165, 1.54) is 0 Å². The van der Waals surface area contributed by atoms with Gasteiger partial charge in [-0.15, -0.1) is 0 Å². The van der Waals surface area contributed by atoms with Crippen molar-refractivity contribution in [1.29, 1.82) is 0 Å². The van der Waals surface area contributed by atoms with E-state index in [4.69, 9.17) is 23.7 Å². The Kier molecular flexibility index (Phi) is 9.54. The van der Waals surface area contributed by atoms with Gasteiger partial charge in [-0.1, -0.05) is 0 Å². The molecule has 3 aliphatic heterocycles. The van der Waals surface area contributed by atoms with E-state index in [9.17, 15) is 56.2 Å². The van der Waals surface area contributed by atoms with Gasteiger partial charge in [-0.3, -0.25) is 0 Å². The zero-order valence-corrected chi connectivity index (χ0v) is 17.7. The van der Waals surface area contributed by atoms with Crippen molar-refractivity contribution in [3.8, 4) is 0 Å². The number of hydrogen-bond acceptors (Lipinski definition) is 16. The highest BCUT2D eigenvalue weighted by atomic mass is 16.8.